The zero-order valence-electron chi connectivity index (χ0n) is 30.5. The molecule has 8 aromatic carbocycles. The van der Waals surface area contributed by atoms with E-state index in [4.69, 9.17) is 9.97 Å². The van der Waals surface area contributed by atoms with Gasteiger partial charge in [0.1, 0.15) is 5.52 Å². The van der Waals surface area contributed by atoms with Crippen LogP contribution in [-0.2, 0) is 5.41 Å². The Morgan fingerprint density at radius 2 is 0.929 bits per heavy atom. The Morgan fingerprint density at radius 3 is 1.66 bits per heavy atom. The highest BCUT2D eigenvalue weighted by molar-refractivity contribution is 6.11. The quantitative estimate of drug-likeness (QED) is 0.172. The predicted molar refractivity (Wildman–Crippen MR) is 230 cm³/mol. The van der Waals surface area contributed by atoms with E-state index in [0.717, 1.165) is 55.6 Å². The number of benzene rings is 8. The Bertz CT molecular complexity index is 3030. The molecular weight excluding hydrogens is 679 g/mol. The number of rotatable bonds is 6. The van der Waals surface area contributed by atoms with E-state index in [-0.39, 0.29) is 0 Å². The van der Waals surface area contributed by atoms with E-state index < -0.39 is 5.41 Å². The first kappa shape index (κ1) is 32.1. The molecule has 0 bridgehead atoms. The predicted octanol–water partition coefficient (Wildman–Crippen LogP) is 12.9. The first-order valence-corrected chi connectivity index (χ1v) is 19.2. The molecule has 0 N–H and O–H groups in total. The summed E-state index contributed by atoms with van der Waals surface area (Å²) in [4.78, 5) is 10.8. The molecule has 11 rings (SSSR count). The molecule has 0 amide bonds. The third-order valence-electron chi connectivity index (χ3n) is 11.5. The molecule has 0 aliphatic heterocycles. The van der Waals surface area contributed by atoms with Crippen molar-refractivity contribution in [3.05, 3.63) is 235 Å². The lowest BCUT2D eigenvalue weighted by molar-refractivity contribution is 0.769. The van der Waals surface area contributed by atoms with E-state index >= 15 is 0 Å². The van der Waals surface area contributed by atoms with E-state index in [1.807, 2.05) is 0 Å². The summed E-state index contributed by atoms with van der Waals surface area (Å²) < 4.78 is 2.31. The van der Waals surface area contributed by atoms with Crippen LogP contribution in [0.5, 0.6) is 0 Å². The maximum absolute atomic E-state index is 5.41. The second-order valence-corrected chi connectivity index (χ2v) is 14.5. The zero-order chi connectivity index (χ0) is 37.1. The molecule has 0 saturated carbocycles. The third kappa shape index (κ3) is 4.84. The highest BCUT2D eigenvalue weighted by Crippen LogP contribution is 2.56. The fraction of sp³-hybridized carbons (Fsp3) is 0.0189. The van der Waals surface area contributed by atoms with Crippen molar-refractivity contribution in [2.75, 3.05) is 0 Å². The molecule has 56 heavy (non-hydrogen) atoms. The van der Waals surface area contributed by atoms with Crippen molar-refractivity contribution in [1.29, 1.82) is 0 Å². The van der Waals surface area contributed by atoms with Crippen LogP contribution in [-0.4, -0.2) is 14.5 Å². The summed E-state index contributed by atoms with van der Waals surface area (Å²) in [6, 6.07) is 76.2. The van der Waals surface area contributed by atoms with Crippen LogP contribution in [0.15, 0.2) is 212 Å². The summed E-state index contributed by atoms with van der Waals surface area (Å²) in [5.74, 6) is 0.699. The lowest BCUT2D eigenvalue weighted by Crippen LogP contribution is -2.28. The fourth-order valence-corrected chi connectivity index (χ4v) is 9.10. The summed E-state index contributed by atoms with van der Waals surface area (Å²) in [5.41, 5.74) is 16.5. The molecule has 2 heterocycles. The van der Waals surface area contributed by atoms with Crippen molar-refractivity contribution in [3.63, 3.8) is 0 Å². The number of para-hydroxylation sites is 2. The van der Waals surface area contributed by atoms with Crippen molar-refractivity contribution >= 4 is 21.9 Å². The van der Waals surface area contributed by atoms with E-state index in [1.54, 1.807) is 0 Å². The van der Waals surface area contributed by atoms with Gasteiger partial charge in [0.05, 0.1) is 22.1 Å². The molecule has 0 atom stereocenters. The smallest absolute Gasteiger partial charge is 0.160 e. The highest BCUT2D eigenvalue weighted by Gasteiger charge is 2.45. The highest BCUT2D eigenvalue weighted by atomic mass is 15.0. The Balaban J connectivity index is 1.11. The lowest BCUT2D eigenvalue weighted by Gasteiger charge is -2.34. The maximum Gasteiger partial charge on any atom is 0.160 e. The van der Waals surface area contributed by atoms with E-state index in [9.17, 15) is 0 Å². The SMILES string of the molecule is c1ccc(-c2nc(-c3cccc(-c4cccc(C5(c6ccccc6)c6ccccc6-c6ccccc65)c4)c3)nc3c4ccccc4n(-c4ccccc4)c23)cc1. The minimum absolute atomic E-state index is 0.465. The first-order valence-electron chi connectivity index (χ1n) is 19.2. The molecule has 3 nitrogen and oxygen atoms in total. The molecule has 0 radical (unpaired) electrons. The van der Waals surface area contributed by atoms with Crippen LogP contribution in [0.1, 0.15) is 22.3 Å². The molecule has 0 unspecified atom stereocenters. The van der Waals surface area contributed by atoms with E-state index in [0.29, 0.717) is 5.82 Å². The summed E-state index contributed by atoms with van der Waals surface area (Å²) in [6.07, 6.45) is 0. The van der Waals surface area contributed by atoms with Crippen molar-refractivity contribution in [2.45, 2.75) is 5.41 Å². The number of hydrogen-bond donors (Lipinski definition) is 0. The number of nitrogens with zero attached hydrogens (tertiary/aromatic N) is 3. The Morgan fingerprint density at radius 1 is 0.393 bits per heavy atom. The summed E-state index contributed by atoms with van der Waals surface area (Å²) in [5, 5.41) is 1.10. The average molecular weight is 714 g/mol. The van der Waals surface area contributed by atoms with Gasteiger partial charge in [0, 0.05) is 22.2 Å². The van der Waals surface area contributed by atoms with Crippen LogP contribution < -0.4 is 0 Å². The molecule has 2 aromatic heterocycles. The van der Waals surface area contributed by atoms with Gasteiger partial charge < -0.3 is 4.57 Å². The monoisotopic (exact) mass is 713 g/mol. The van der Waals surface area contributed by atoms with Gasteiger partial charge in [-0.25, -0.2) is 9.97 Å². The van der Waals surface area contributed by atoms with Crippen LogP contribution in [0.3, 0.4) is 0 Å². The summed E-state index contributed by atoms with van der Waals surface area (Å²) in [6.45, 7) is 0. The molecule has 0 spiro atoms. The zero-order valence-corrected chi connectivity index (χ0v) is 30.5. The molecule has 262 valence electrons. The Kier molecular flexibility index (Phi) is 7.39. The summed E-state index contributed by atoms with van der Waals surface area (Å²) in [7, 11) is 0. The fourth-order valence-electron chi connectivity index (χ4n) is 9.10. The van der Waals surface area contributed by atoms with Crippen LogP contribution in [0.25, 0.3) is 72.5 Å². The van der Waals surface area contributed by atoms with Gasteiger partial charge in [-0.3, -0.25) is 0 Å². The Hall–Kier alpha value is -7.36. The molecule has 3 heteroatoms. The molecule has 0 fully saturated rings. The van der Waals surface area contributed by atoms with Crippen LogP contribution >= 0.6 is 0 Å². The van der Waals surface area contributed by atoms with Crippen molar-refractivity contribution in [3.8, 4) is 50.6 Å². The minimum atomic E-state index is -0.465. The third-order valence-corrected chi connectivity index (χ3v) is 11.5. The van der Waals surface area contributed by atoms with Gasteiger partial charge >= 0.3 is 0 Å². The van der Waals surface area contributed by atoms with Crippen LogP contribution in [0.2, 0.25) is 0 Å². The second-order valence-electron chi connectivity index (χ2n) is 14.5. The van der Waals surface area contributed by atoms with Gasteiger partial charge in [-0.2, -0.15) is 0 Å². The molecule has 1 aliphatic rings. The molecule has 1 aliphatic carbocycles. The summed E-state index contributed by atoms with van der Waals surface area (Å²) >= 11 is 0. The second kappa shape index (κ2) is 12.9. The van der Waals surface area contributed by atoms with Crippen molar-refractivity contribution < 1.29 is 0 Å². The van der Waals surface area contributed by atoms with Gasteiger partial charge in [0.2, 0.25) is 0 Å². The van der Waals surface area contributed by atoms with Crippen molar-refractivity contribution in [1.82, 2.24) is 14.5 Å². The van der Waals surface area contributed by atoms with Gasteiger partial charge in [-0.15, -0.1) is 0 Å². The van der Waals surface area contributed by atoms with Crippen molar-refractivity contribution in [2.24, 2.45) is 0 Å². The molecular formula is C53H35N3. The van der Waals surface area contributed by atoms with E-state index in [1.165, 1.54) is 33.4 Å². The normalized spacial score (nSPS) is 12.8. The van der Waals surface area contributed by atoms with Gasteiger partial charge in [0.25, 0.3) is 0 Å². The minimum Gasteiger partial charge on any atom is -0.306 e. The van der Waals surface area contributed by atoms with Gasteiger partial charge in [-0.05, 0) is 74.8 Å². The number of hydrogen-bond acceptors (Lipinski definition) is 2. The average Bonchev–Trinajstić information content (AvgIpc) is 3.78. The van der Waals surface area contributed by atoms with Gasteiger partial charge in [0.15, 0.2) is 5.82 Å². The largest absolute Gasteiger partial charge is 0.306 e. The number of aromatic nitrogens is 3. The molecule has 10 aromatic rings. The maximum atomic E-state index is 5.41. The van der Waals surface area contributed by atoms with Crippen LogP contribution in [0, 0.1) is 0 Å². The van der Waals surface area contributed by atoms with E-state index in [2.05, 4.69) is 217 Å². The topological polar surface area (TPSA) is 30.7 Å². The van der Waals surface area contributed by atoms with Crippen LogP contribution in [0.4, 0.5) is 0 Å². The Labute approximate surface area is 325 Å². The lowest BCUT2D eigenvalue weighted by atomic mass is 9.67. The first-order chi connectivity index (χ1) is 27.8. The molecule has 0 saturated heterocycles. The number of fused-ring (bicyclic) bond motifs is 6. The standard InChI is InChI=1S/C53H35N3/c1-4-18-36(19-5-1)49-51-50(45-30-12-15-33-48(45)56(51)42-26-8-3-9-27-42)55-52(54-49)39-22-16-20-37(34-39)38-21-17-25-41(35-38)53(40-23-6-2-7-24-40)46-31-13-10-28-43(46)44-29-11-14-32-47(44)53/h1-35H. The van der Waals surface area contributed by atoms with Gasteiger partial charge in [-0.1, -0.05) is 182 Å².